The van der Waals surface area contributed by atoms with E-state index in [0.29, 0.717) is 5.69 Å². The van der Waals surface area contributed by atoms with Crippen LogP contribution in [-0.2, 0) is 14.8 Å². The Morgan fingerprint density at radius 1 is 1.00 bits per heavy atom. The number of aryl methyl sites for hydroxylation is 2. The molecule has 0 saturated heterocycles. The van der Waals surface area contributed by atoms with Crippen molar-refractivity contribution in [2.24, 2.45) is 0 Å². The first kappa shape index (κ1) is 18.0. The molecule has 0 aliphatic heterocycles. The molecule has 2 aromatic rings. The quantitative estimate of drug-likeness (QED) is 0.905. The number of anilines is 2. The van der Waals surface area contributed by atoms with Crippen molar-refractivity contribution in [1.82, 2.24) is 0 Å². The van der Waals surface area contributed by atoms with Crippen molar-refractivity contribution in [2.75, 3.05) is 15.9 Å². The molecule has 0 bridgehead atoms. The fourth-order valence-corrected chi connectivity index (χ4v) is 3.80. The summed E-state index contributed by atoms with van der Waals surface area (Å²) >= 11 is 0. The second kappa shape index (κ2) is 7.05. The minimum atomic E-state index is -3.60. The first-order valence-electron chi connectivity index (χ1n) is 7.63. The summed E-state index contributed by atoms with van der Waals surface area (Å²) in [6.45, 7) is 5.38. The van der Waals surface area contributed by atoms with E-state index >= 15 is 0 Å². The van der Waals surface area contributed by atoms with Crippen LogP contribution in [0.5, 0.6) is 0 Å². The minimum absolute atomic E-state index is 0.373. The Labute approximate surface area is 143 Å². The standard InChI is InChI=1S/C18H22N2O3S/c1-13-9-8-10-14(2)17(13)19-18(21)15(3)20(24(4,22)23)16-11-6-5-7-12-16/h5-12,15H,1-4H3,(H,19,21)/t15-/m0/s1. The molecule has 1 amide bonds. The van der Waals surface area contributed by atoms with E-state index in [4.69, 9.17) is 0 Å². The van der Waals surface area contributed by atoms with Gasteiger partial charge in [0, 0.05) is 5.69 Å². The van der Waals surface area contributed by atoms with Crippen LogP contribution in [0, 0.1) is 13.8 Å². The van der Waals surface area contributed by atoms with Gasteiger partial charge in [-0.2, -0.15) is 0 Å². The van der Waals surface area contributed by atoms with Crippen LogP contribution in [0.2, 0.25) is 0 Å². The Morgan fingerprint density at radius 3 is 2.04 bits per heavy atom. The summed E-state index contributed by atoms with van der Waals surface area (Å²) < 4.78 is 25.6. The number of nitrogens with one attached hydrogen (secondary N) is 1. The van der Waals surface area contributed by atoms with Crippen LogP contribution in [-0.4, -0.2) is 26.6 Å². The van der Waals surface area contributed by atoms with E-state index in [1.54, 1.807) is 37.3 Å². The smallest absolute Gasteiger partial charge is 0.248 e. The van der Waals surface area contributed by atoms with Crippen LogP contribution >= 0.6 is 0 Å². The highest BCUT2D eigenvalue weighted by atomic mass is 32.2. The van der Waals surface area contributed by atoms with Crippen molar-refractivity contribution in [3.63, 3.8) is 0 Å². The molecule has 2 rings (SSSR count). The van der Waals surface area contributed by atoms with Gasteiger partial charge in [-0.15, -0.1) is 0 Å². The van der Waals surface area contributed by atoms with Gasteiger partial charge in [-0.25, -0.2) is 8.42 Å². The number of carbonyl (C=O) groups excluding carboxylic acids is 1. The number of rotatable bonds is 5. The predicted molar refractivity (Wildman–Crippen MR) is 97.8 cm³/mol. The normalized spacial score (nSPS) is 12.5. The molecule has 0 heterocycles. The zero-order chi connectivity index (χ0) is 17.9. The third-order valence-electron chi connectivity index (χ3n) is 3.83. The van der Waals surface area contributed by atoms with E-state index in [2.05, 4.69) is 5.32 Å². The summed E-state index contributed by atoms with van der Waals surface area (Å²) in [5.74, 6) is -0.373. The van der Waals surface area contributed by atoms with Crippen LogP contribution in [0.3, 0.4) is 0 Å². The second-order valence-corrected chi connectivity index (χ2v) is 7.69. The molecule has 2 aromatic carbocycles. The Hall–Kier alpha value is -2.34. The van der Waals surface area contributed by atoms with E-state index < -0.39 is 16.1 Å². The molecule has 0 fully saturated rings. The topological polar surface area (TPSA) is 66.5 Å². The number of para-hydroxylation sites is 2. The lowest BCUT2D eigenvalue weighted by Crippen LogP contribution is -2.45. The average Bonchev–Trinajstić information content (AvgIpc) is 2.50. The highest BCUT2D eigenvalue weighted by Crippen LogP contribution is 2.23. The number of sulfonamides is 1. The van der Waals surface area contributed by atoms with Gasteiger partial charge in [0.05, 0.1) is 11.9 Å². The number of benzene rings is 2. The monoisotopic (exact) mass is 346 g/mol. The summed E-state index contributed by atoms with van der Waals surface area (Å²) in [5.41, 5.74) is 3.04. The lowest BCUT2D eigenvalue weighted by atomic mass is 10.1. The van der Waals surface area contributed by atoms with Gasteiger partial charge < -0.3 is 5.32 Å². The zero-order valence-electron chi connectivity index (χ0n) is 14.3. The van der Waals surface area contributed by atoms with Crippen molar-refractivity contribution in [1.29, 1.82) is 0 Å². The summed E-state index contributed by atoms with van der Waals surface area (Å²) in [5, 5.41) is 2.86. The molecule has 0 radical (unpaired) electrons. The van der Waals surface area contributed by atoms with Gasteiger partial charge in [-0.1, -0.05) is 36.4 Å². The van der Waals surface area contributed by atoms with Gasteiger partial charge in [-0.05, 0) is 44.0 Å². The number of hydrogen-bond donors (Lipinski definition) is 1. The van der Waals surface area contributed by atoms with Gasteiger partial charge in [-0.3, -0.25) is 9.10 Å². The molecule has 0 aliphatic carbocycles. The van der Waals surface area contributed by atoms with Gasteiger partial charge in [0.1, 0.15) is 6.04 Å². The third kappa shape index (κ3) is 3.94. The maximum absolute atomic E-state index is 12.7. The molecule has 1 N–H and O–H groups in total. The fourth-order valence-electron chi connectivity index (χ4n) is 2.62. The Balaban J connectivity index is 2.33. The van der Waals surface area contributed by atoms with Gasteiger partial charge >= 0.3 is 0 Å². The van der Waals surface area contributed by atoms with Gasteiger partial charge in [0.2, 0.25) is 15.9 Å². The molecule has 5 nitrogen and oxygen atoms in total. The van der Waals surface area contributed by atoms with E-state index in [1.165, 1.54) is 0 Å². The maximum Gasteiger partial charge on any atom is 0.248 e. The molecular weight excluding hydrogens is 324 g/mol. The van der Waals surface area contributed by atoms with Crippen LogP contribution in [0.4, 0.5) is 11.4 Å². The van der Waals surface area contributed by atoms with Crippen molar-refractivity contribution >= 4 is 27.3 Å². The number of carbonyl (C=O) groups is 1. The van der Waals surface area contributed by atoms with Crippen molar-refractivity contribution in [3.05, 3.63) is 59.7 Å². The molecule has 0 spiro atoms. The van der Waals surface area contributed by atoms with Crippen LogP contribution in [0.15, 0.2) is 48.5 Å². The first-order valence-corrected chi connectivity index (χ1v) is 9.48. The molecule has 0 aliphatic rings. The van der Waals surface area contributed by atoms with E-state index in [0.717, 1.165) is 27.4 Å². The summed E-state index contributed by atoms with van der Waals surface area (Å²) in [6, 6.07) is 13.5. The predicted octanol–water partition coefficient (Wildman–Crippen LogP) is 3.10. The minimum Gasteiger partial charge on any atom is -0.324 e. The molecule has 1 atom stereocenters. The second-order valence-electron chi connectivity index (χ2n) is 5.83. The number of amides is 1. The maximum atomic E-state index is 12.7. The number of hydrogen-bond acceptors (Lipinski definition) is 3. The van der Waals surface area contributed by atoms with Crippen LogP contribution in [0.25, 0.3) is 0 Å². The summed E-state index contributed by atoms with van der Waals surface area (Å²) in [6.07, 6.45) is 1.10. The molecule has 0 saturated carbocycles. The zero-order valence-corrected chi connectivity index (χ0v) is 15.1. The summed E-state index contributed by atoms with van der Waals surface area (Å²) in [4.78, 5) is 12.7. The first-order chi connectivity index (χ1) is 11.2. The Morgan fingerprint density at radius 2 is 1.54 bits per heavy atom. The largest absolute Gasteiger partial charge is 0.324 e. The van der Waals surface area contributed by atoms with E-state index in [-0.39, 0.29) is 5.91 Å². The number of nitrogens with zero attached hydrogens (tertiary/aromatic N) is 1. The SMILES string of the molecule is Cc1cccc(C)c1NC(=O)[C@H](C)N(c1ccccc1)S(C)(=O)=O. The Kier molecular flexibility index (Phi) is 5.29. The lowest BCUT2D eigenvalue weighted by Gasteiger charge is -2.28. The van der Waals surface area contributed by atoms with Crippen molar-refractivity contribution < 1.29 is 13.2 Å². The lowest BCUT2D eigenvalue weighted by molar-refractivity contribution is -0.116. The Bertz CT molecular complexity index is 812. The van der Waals surface area contributed by atoms with Gasteiger partial charge in [0.25, 0.3) is 0 Å². The highest BCUT2D eigenvalue weighted by molar-refractivity contribution is 7.92. The van der Waals surface area contributed by atoms with Crippen LogP contribution < -0.4 is 9.62 Å². The molecular formula is C18H22N2O3S. The average molecular weight is 346 g/mol. The fraction of sp³-hybridized carbons (Fsp3) is 0.278. The third-order valence-corrected chi connectivity index (χ3v) is 5.07. The molecule has 6 heteroatoms. The van der Waals surface area contributed by atoms with Crippen molar-refractivity contribution in [3.8, 4) is 0 Å². The molecule has 128 valence electrons. The van der Waals surface area contributed by atoms with E-state index in [1.807, 2.05) is 32.0 Å². The van der Waals surface area contributed by atoms with Crippen molar-refractivity contribution in [2.45, 2.75) is 26.8 Å². The van der Waals surface area contributed by atoms with E-state index in [9.17, 15) is 13.2 Å². The van der Waals surface area contributed by atoms with Crippen LogP contribution in [0.1, 0.15) is 18.1 Å². The molecule has 24 heavy (non-hydrogen) atoms. The molecule has 0 unspecified atom stereocenters. The van der Waals surface area contributed by atoms with Gasteiger partial charge in [0.15, 0.2) is 0 Å². The summed E-state index contributed by atoms with van der Waals surface area (Å²) in [7, 11) is -3.60. The highest BCUT2D eigenvalue weighted by Gasteiger charge is 2.29. The molecule has 0 aromatic heterocycles.